The molecule has 1 heterocycles. The van der Waals surface area contributed by atoms with Gasteiger partial charge in [0, 0.05) is 29.4 Å². The Bertz CT molecular complexity index is 781. The van der Waals surface area contributed by atoms with Gasteiger partial charge in [0.05, 0.1) is 4.92 Å². The van der Waals surface area contributed by atoms with E-state index >= 15 is 0 Å². The third-order valence-electron chi connectivity index (χ3n) is 4.56. The third-order valence-corrected chi connectivity index (χ3v) is 4.56. The molecular weight excluding hydrogens is 318 g/mol. The molecule has 1 amide bonds. The van der Waals surface area contributed by atoms with Crippen LogP contribution in [-0.4, -0.2) is 28.8 Å². The van der Waals surface area contributed by atoms with E-state index in [1.54, 1.807) is 13.0 Å². The highest BCUT2D eigenvalue weighted by atomic mass is 16.6. The summed E-state index contributed by atoms with van der Waals surface area (Å²) in [5.74, 6) is -0.339. The zero-order chi connectivity index (χ0) is 17.8. The Morgan fingerprint density at radius 3 is 2.48 bits per heavy atom. The van der Waals surface area contributed by atoms with Crippen molar-refractivity contribution in [3.8, 4) is 0 Å². The Morgan fingerprint density at radius 2 is 1.84 bits per heavy atom. The number of anilines is 1. The second-order valence-electron chi connectivity index (χ2n) is 6.34. The molecule has 0 bridgehead atoms. The summed E-state index contributed by atoms with van der Waals surface area (Å²) < 4.78 is 0. The summed E-state index contributed by atoms with van der Waals surface area (Å²) in [6.45, 7) is 4.81. The minimum absolute atomic E-state index is 0.0476. The normalized spacial score (nSPS) is 14.4. The van der Waals surface area contributed by atoms with Crippen LogP contribution in [0.1, 0.15) is 34.3 Å². The van der Waals surface area contributed by atoms with Crippen molar-refractivity contribution in [2.45, 2.75) is 26.3 Å². The fraction of sp³-hybridized carbons (Fsp3) is 0.316. The lowest BCUT2D eigenvalue weighted by Gasteiger charge is -2.15. The lowest BCUT2D eigenvalue weighted by molar-refractivity contribution is -0.385. The SMILES string of the molecule is Cc1c(C(=O)Nc2ccc(CN3CCCC3)cc2)cccc1[N+](=O)[O-]. The molecular formula is C19H21N3O3. The van der Waals surface area contributed by atoms with Crippen LogP contribution in [0.2, 0.25) is 0 Å². The fourth-order valence-electron chi connectivity index (χ4n) is 3.16. The van der Waals surface area contributed by atoms with Gasteiger partial charge < -0.3 is 5.32 Å². The largest absolute Gasteiger partial charge is 0.322 e. The summed E-state index contributed by atoms with van der Waals surface area (Å²) in [6.07, 6.45) is 2.52. The van der Waals surface area contributed by atoms with Gasteiger partial charge in [0.25, 0.3) is 11.6 Å². The molecule has 0 spiro atoms. The maximum atomic E-state index is 12.4. The number of hydrogen-bond acceptors (Lipinski definition) is 4. The minimum Gasteiger partial charge on any atom is -0.322 e. The Morgan fingerprint density at radius 1 is 1.16 bits per heavy atom. The summed E-state index contributed by atoms with van der Waals surface area (Å²) in [6, 6.07) is 12.3. The van der Waals surface area contributed by atoms with Crippen molar-refractivity contribution in [2.24, 2.45) is 0 Å². The van der Waals surface area contributed by atoms with E-state index in [2.05, 4.69) is 10.2 Å². The first-order valence-electron chi connectivity index (χ1n) is 8.41. The van der Waals surface area contributed by atoms with Crippen molar-refractivity contribution < 1.29 is 9.72 Å². The average molecular weight is 339 g/mol. The molecule has 6 nitrogen and oxygen atoms in total. The Balaban J connectivity index is 1.68. The van der Waals surface area contributed by atoms with Crippen LogP contribution in [0.15, 0.2) is 42.5 Å². The van der Waals surface area contributed by atoms with Crippen molar-refractivity contribution in [2.75, 3.05) is 18.4 Å². The monoisotopic (exact) mass is 339 g/mol. The molecule has 1 fully saturated rings. The van der Waals surface area contributed by atoms with Gasteiger partial charge in [0.2, 0.25) is 0 Å². The molecule has 25 heavy (non-hydrogen) atoms. The van der Waals surface area contributed by atoms with Crippen molar-refractivity contribution in [3.63, 3.8) is 0 Å². The topological polar surface area (TPSA) is 75.5 Å². The van der Waals surface area contributed by atoms with Crippen LogP contribution in [-0.2, 0) is 6.54 Å². The van der Waals surface area contributed by atoms with Crippen molar-refractivity contribution in [1.82, 2.24) is 4.90 Å². The number of hydrogen-bond donors (Lipinski definition) is 1. The van der Waals surface area contributed by atoms with Crippen LogP contribution >= 0.6 is 0 Å². The van der Waals surface area contributed by atoms with Crippen LogP contribution in [0, 0.1) is 17.0 Å². The standard InChI is InChI=1S/C19H21N3O3/c1-14-17(5-4-6-18(14)22(24)25)19(23)20-16-9-7-15(8-10-16)13-21-11-2-3-12-21/h4-10H,2-3,11-13H2,1H3,(H,20,23). The van der Waals surface area contributed by atoms with Gasteiger partial charge >= 0.3 is 0 Å². The number of amides is 1. The zero-order valence-corrected chi connectivity index (χ0v) is 14.2. The van der Waals surface area contributed by atoms with Gasteiger partial charge in [-0.05, 0) is 56.6 Å². The van der Waals surface area contributed by atoms with Crippen LogP contribution in [0.3, 0.4) is 0 Å². The van der Waals surface area contributed by atoms with Crippen LogP contribution in [0.5, 0.6) is 0 Å². The highest BCUT2D eigenvalue weighted by Gasteiger charge is 2.18. The molecule has 1 aliphatic rings. The average Bonchev–Trinajstić information content (AvgIpc) is 3.09. The summed E-state index contributed by atoms with van der Waals surface area (Å²) in [5, 5.41) is 13.8. The highest BCUT2D eigenvalue weighted by molar-refractivity contribution is 6.05. The van der Waals surface area contributed by atoms with Crippen molar-refractivity contribution >= 4 is 17.3 Å². The Kier molecular flexibility index (Phi) is 5.09. The Hall–Kier alpha value is -2.73. The number of rotatable bonds is 5. The second kappa shape index (κ2) is 7.44. The van der Waals surface area contributed by atoms with Crippen molar-refractivity contribution in [1.29, 1.82) is 0 Å². The van der Waals surface area contributed by atoms with Crippen molar-refractivity contribution in [3.05, 3.63) is 69.3 Å². The van der Waals surface area contributed by atoms with Gasteiger partial charge in [-0.15, -0.1) is 0 Å². The number of nitro groups is 1. The predicted octanol–water partition coefficient (Wildman–Crippen LogP) is 3.75. The maximum absolute atomic E-state index is 12.4. The molecule has 3 rings (SSSR count). The molecule has 1 N–H and O–H groups in total. The summed E-state index contributed by atoms with van der Waals surface area (Å²) >= 11 is 0. The molecule has 0 atom stereocenters. The van der Waals surface area contributed by atoms with E-state index < -0.39 is 4.92 Å². The van der Waals surface area contributed by atoms with Gasteiger partial charge in [-0.25, -0.2) is 0 Å². The van der Waals surface area contributed by atoms with E-state index in [0.29, 0.717) is 16.8 Å². The molecule has 2 aromatic rings. The van der Waals surface area contributed by atoms with Crippen LogP contribution < -0.4 is 5.32 Å². The van der Waals surface area contributed by atoms with Gasteiger partial charge in [0.15, 0.2) is 0 Å². The fourth-order valence-corrected chi connectivity index (χ4v) is 3.16. The Labute approximate surface area is 146 Å². The highest BCUT2D eigenvalue weighted by Crippen LogP contribution is 2.22. The maximum Gasteiger partial charge on any atom is 0.273 e. The van der Waals surface area contributed by atoms with Crippen LogP contribution in [0.4, 0.5) is 11.4 Å². The number of nitrogens with zero attached hydrogens (tertiary/aromatic N) is 2. The quantitative estimate of drug-likeness (QED) is 0.665. The van der Waals surface area contributed by atoms with E-state index in [-0.39, 0.29) is 11.6 Å². The molecule has 2 aromatic carbocycles. The number of nitrogens with one attached hydrogen (secondary N) is 1. The lowest BCUT2D eigenvalue weighted by atomic mass is 10.1. The number of benzene rings is 2. The van der Waals surface area contributed by atoms with E-state index in [1.165, 1.54) is 30.5 Å². The molecule has 6 heteroatoms. The molecule has 130 valence electrons. The minimum atomic E-state index is -0.473. The molecule has 1 aliphatic heterocycles. The summed E-state index contributed by atoms with van der Waals surface area (Å²) in [5.41, 5.74) is 2.53. The first kappa shape index (κ1) is 17.1. The number of carbonyl (C=O) groups is 1. The molecule has 0 aromatic heterocycles. The van der Waals surface area contributed by atoms with E-state index in [1.807, 2.05) is 24.3 Å². The smallest absolute Gasteiger partial charge is 0.273 e. The molecule has 0 unspecified atom stereocenters. The van der Waals surface area contributed by atoms with Gasteiger partial charge in [0.1, 0.15) is 0 Å². The van der Waals surface area contributed by atoms with Gasteiger partial charge in [-0.1, -0.05) is 18.2 Å². The first-order chi connectivity index (χ1) is 12.0. The van der Waals surface area contributed by atoms with E-state index in [0.717, 1.165) is 19.6 Å². The summed E-state index contributed by atoms with van der Waals surface area (Å²) in [4.78, 5) is 25.4. The molecule has 0 radical (unpaired) electrons. The lowest BCUT2D eigenvalue weighted by Crippen LogP contribution is -2.18. The number of carbonyl (C=O) groups excluding carboxylic acids is 1. The van der Waals surface area contributed by atoms with E-state index in [4.69, 9.17) is 0 Å². The van der Waals surface area contributed by atoms with Gasteiger partial charge in [-0.3, -0.25) is 19.8 Å². The molecule has 1 saturated heterocycles. The van der Waals surface area contributed by atoms with Gasteiger partial charge in [-0.2, -0.15) is 0 Å². The van der Waals surface area contributed by atoms with Crippen LogP contribution in [0.25, 0.3) is 0 Å². The summed E-state index contributed by atoms with van der Waals surface area (Å²) in [7, 11) is 0. The molecule has 0 aliphatic carbocycles. The third kappa shape index (κ3) is 4.03. The number of likely N-dealkylation sites (tertiary alicyclic amines) is 1. The zero-order valence-electron chi connectivity index (χ0n) is 14.2. The second-order valence-corrected chi connectivity index (χ2v) is 6.34. The predicted molar refractivity (Wildman–Crippen MR) is 96.7 cm³/mol. The van der Waals surface area contributed by atoms with E-state index in [9.17, 15) is 14.9 Å². The number of nitro benzene ring substituents is 1. The molecule has 0 saturated carbocycles. The first-order valence-corrected chi connectivity index (χ1v) is 8.41.